The number of benzene rings is 2. The summed E-state index contributed by atoms with van der Waals surface area (Å²) in [5.74, 6) is -0.282. The van der Waals surface area contributed by atoms with Crippen molar-refractivity contribution < 1.29 is 33.3 Å². The van der Waals surface area contributed by atoms with Gasteiger partial charge in [-0.3, -0.25) is 9.59 Å². The first kappa shape index (κ1) is 25.2. The lowest BCUT2D eigenvalue weighted by atomic mass is 10.1. The van der Waals surface area contributed by atoms with Crippen molar-refractivity contribution in [2.45, 2.75) is 19.3 Å². The van der Waals surface area contributed by atoms with Gasteiger partial charge in [0.2, 0.25) is 17.6 Å². The molecule has 2 aromatic carbocycles. The number of hydrogen-bond acceptors (Lipinski definition) is 8. The average Bonchev–Trinajstić information content (AvgIpc) is 3.57. The first-order valence-electron chi connectivity index (χ1n) is 11.8. The highest BCUT2D eigenvalue weighted by Gasteiger charge is 2.36. The molecule has 0 aliphatic carbocycles. The van der Waals surface area contributed by atoms with Crippen molar-refractivity contribution in [3.63, 3.8) is 0 Å². The van der Waals surface area contributed by atoms with Crippen molar-refractivity contribution in [2.75, 3.05) is 63.2 Å². The van der Waals surface area contributed by atoms with Crippen molar-refractivity contribution >= 4 is 34.8 Å². The van der Waals surface area contributed by atoms with Crippen LogP contribution in [0.1, 0.15) is 29.6 Å². The Hall–Kier alpha value is -3.95. The molecule has 192 valence electrons. The maximum Gasteiger partial charge on any atom is 0.337 e. The summed E-state index contributed by atoms with van der Waals surface area (Å²) in [6.07, 6.45) is 2.18. The topological polar surface area (TPSA) is 107 Å². The van der Waals surface area contributed by atoms with Crippen LogP contribution in [-0.4, -0.2) is 65.9 Å². The highest BCUT2D eigenvalue weighted by Crippen LogP contribution is 2.42. The number of rotatable bonds is 8. The summed E-state index contributed by atoms with van der Waals surface area (Å²) in [7, 11) is 5.83. The van der Waals surface area contributed by atoms with Gasteiger partial charge in [0, 0.05) is 38.2 Å². The summed E-state index contributed by atoms with van der Waals surface area (Å²) < 4.78 is 21.0. The third-order valence-electron chi connectivity index (χ3n) is 6.58. The molecule has 4 rings (SSSR count). The van der Waals surface area contributed by atoms with Gasteiger partial charge in [0.15, 0.2) is 11.5 Å². The zero-order valence-electron chi connectivity index (χ0n) is 21.0. The predicted octanol–water partition coefficient (Wildman–Crippen LogP) is 3.09. The van der Waals surface area contributed by atoms with E-state index in [0.29, 0.717) is 34.2 Å². The third-order valence-corrected chi connectivity index (χ3v) is 6.58. The van der Waals surface area contributed by atoms with E-state index in [1.54, 1.807) is 29.2 Å². The molecule has 10 heteroatoms. The second-order valence-corrected chi connectivity index (χ2v) is 8.70. The van der Waals surface area contributed by atoms with Crippen molar-refractivity contribution in [3.05, 3.63) is 35.9 Å². The van der Waals surface area contributed by atoms with Crippen LogP contribution in [0.25, 0.3) is 0 Å². The quantitative estimate of drug-likeness (QED) is 0.555. The zero-order chi connectivity index (χ0) is 25.8. The first-order valence-corrected chi connectivity index (χ1v) is 11.8. The van der Waals surface area contributed by atoms with Gasteiger partial charge < -0.3 is 34.1 Å². The SMILES string of the molecule is COC(=O)c1ccc(N2CCCC2)c(NC(=O)C2CC(=O)N(c3cc(OC)c(OC)c(OC)c3)C2)c1. The van der Waals surface area contributed by atoms with Gasteiger partial charge in [-0.2, -0.15) is 0 Å². The lowest BCUT2D eigenvalue weighted by Crippen LogP contribution is -2.29. The molecule has 2 aromatic rings. The summed E-state index contributed by atoms with van der Waals surface area (Å²) in [5, 5.41) is 2.97. The van der Waals surface area contributed by atoms with Gasteiger partial charge >= 0.3 is 5.97 Å². The second-order valence-electron chi connectivity index (χ2n) is 8.70. The molecule has 2 saturated heterocycles. The largest absolute Gasteiger partial charge is 0.493 e. The number of hydrogen-bond donors (Lipinski definition) is 1. The Morgan fingerprint density at radius 3 is 2.19 bits per heavy atom. The molecule has 2 fully saturated rings. The minimum Gasteiger partial charge on any atom is -0.493 e. The Kier molecular flexibility index (Phi) is 7.52. The van der Waals surface area contributed by atoms with Gasteiger partial charge in [-0.1, -0.05) is 0 Å². The summed E-state index contributed by atoms with van der Waals surface area (Å²) in [5.41, 5.74) is 2.27. The Bertz CT molecular complexity index is 1140. The van der Waals surface area contributed by atoms with Crippen molar-refractivity contribution in [1.29, 1.82) is 0 Å². The van der Waals surface area contributed by atoms with Crippen LogP contribution < -0.4 is 29.3 Å². The maximum absolute atomic E-state index is 13.3. The summed E-state index contributed by atoms with van der Waals surface area (Å²) in [6, 6.07) is 8.52. The van der Waals surface area contributed by atoms with E-state index in [-0.39, 0.29) is 24.8 Å². The predicted molar refractivity (Wildman–Crippen MR) is 134 cm³/mol. The second kappa shape index (κ2) is 10.8. The van der Waals surface area contributed by atoms with Crippen LogP contribution in [0.15, 0.2) is 30.3 Å². The zero-order valence-corrected chi connectivity index (χ0v) is 21.0. The van der Waals surface area contributed by atoms with Gasteiger partial charge in [-0.05, 0) is 31.0 Å². The Morgan fingerprint density at radius 2 is 1.61 bits per heavy atom. The fraction of sp³-hybridized carbons (Fsp3) is 0.423. The summed E-state index contributed by atoms with van der Waals surface area (Å²) >= 11 is 0. The fourth-order valence-corrected chi connectivity index (χ4v) is 4.71. The van der Waals surface area contributed by atoms with E-state index >= 15 is 0 Å². The normalized spacial score (nSPS) is 17.2. The van der Waals surface area contributed by atoms with E-state index in [4.69, 9.17) is 18.9 Å². The van der Waals surface area contributed by atoms with E-state index in [1.807, 2.05) is 6.07 Å². The molecule has 36 heavy (non-hydrogen) atoms. The van der Waals surface area contributed by atoms with Crippen molar-refractivity contribution in [3.8, 4) is 17.2 Å². The van der Waals surface area contributed by atoms with Crippen LogP contribution in [0.5, 0.6) is 17.2 Å². The number of amides is 2. The Labute approximate surface area is 210 Å². The molecule has 0 spiro atoms. The minimum absolute atomic E-state index is 0.0538. The molecule has 1 N–H and O–H groups in total. The average molecular weight is 498 g/mol. The standard InChI is InChI=1S/C26H31N3O7/c1-33-21-13-18(14-22(34-2)24(21)35-3)29-15-17(12-23(29)30)25(31)27-19-11-16(26(32)36-4)7-8-20(19)28-9-5-6-10-28/h7-8,11,13-14,17H,5-6,9-10,12,15H2,1-4H3,(H,27,31). The highest BCUT2D eigenvalue weighted by atomic mass is 16.5. The van der Waals surface area contributed by atoms with Gasteiger partial charge in [-0.15, -0.1) is 0 Å². The minimum atomic E-state index is -0.579. The number of methoxy groups -OCH3 is 4. The molecule has 0 aromatic heterocycles. The van der Waals surface area contributed by atoms with Crippen LogP contribution in [0.4, 0.5) is 17.1 Å². The number of carbonyl (C=O) groups is 3. The van der Waals surface area contributed by atoms with E-state index < -0.39 is 11.9 Å². The lowest BCUT2D eigenvalue weighted by molar-refractivity contribution is -0.122. The highest BCUT2D eigenvalue weighted by molar-refractivity contribution is 6.05. The molecule has 1 unspecified atom stereocenters. The molecule has 0 saturated carbocycles. The number of nitrogens with one attached hydrogen (secondary N) is 1. The molecular weight excluding hydrogens is 466 g/mol. The number of esters is 1. The fourth-order valence-electron chi connectivity index (χ4n) is 4.71. The number of carbonyl (C=O) groups excluding carboxylic acids is 3. The maximum atomic E-state index is 13.3. The van der Waals surface area contributed by atoms with Gasteiger partial charge in [0.25, 0.3) is 0 Å². The van der Waals surface area contributed by atoms with E-state index in [1.165, 1.54) is 28.4 Å². The molecule has 2 heterocycles. The van der Waals surface area contributed by atoms with Crippen LogP contribution in [0.2, 0.25) is 0 Å². The molecule has 2 aliphatic rings. The van der Waals surface area contributed by atoms with Gasteiger partial charge in [-0.25, -0.2) is 4.79 Å². The molecular formula is C26H31N3O7. The Balaban J connectivity index is 1.57. The first-order chi connectivity index (χ1) is 17.4. The smallest absolute Gasteiger partial charge is 0.337 e. The lowest BCUT2D eigenvalue weighted by Gasteiger charge is -2.23. The number of anilines is 3. The molecule has 2 aliphatic heterocycles. The number of nitrogens with zero attached hydrogens (tertiary/aromatic N) is 2. The van der Waals surface area contributed by atoms with Crippen LogP contribution in [0, 0.1) is 5.92 Å². The van der Waals surface area contributed by atoms with Gasteiger partial charge in [0.05, 0.1) is 57.0 Å². The van der Waals surface area contributed by atoms with Crippen LogP contribution in [-0.2, 0) is 14.3 Å². The van der Waals surface area contributed by atoms with Crippen molar-refractivity contribution in [2.24, 2.45) is 5.92 Å². The third kappa shape index (κ3) is 4.89. The van der Waals surface area contributed by atoms with Crippen molar-refractivity contribution in [1.82, 2.24) is 0 Å². The van der Waals surface area contributed by atoms with Crippen LogP contribution in [0.3, 0.4) is 0 Å². The number of ether oxygens (including phenoxy) is 4. The summed E-state index contributed by atoms with van der Waals surface area (Å²) in [4.78, 5) is 42.1. The van der Waals surface area contributed by atoms with E-state index in [9.17, 15) is 14.4 Å². The van der Waals surface area contributed by atoms with Crippen LogP contribution >= 0.6 is 0 Å². The van der Waals surface area contributed by atoms with E-state index in [2.05, 4.69) is 10.2 Å². The molecule has 10 nitrogen and oxygen atoms in total. The van der Waals surface area contributed by atoms with Gasteiger partial charge in [0.1, 0.15) is 0 Å². The summed E-state index contributed by atoms with van der Waals surface area (Å²) in [6.45, 7) is 1.94. The van der Waals surface area contributed by atoms with E-state index in [0.717, 1.165) is 31.6 Å². The monoisotopic (exact) mass is 497 g/mol. The molecule has 2 amide bonds. The Morgan fingerprint density at radius 1 is 0.944 bits per heavy atom. The molecule has 0 radical (unpaired) electrons. The molecule has 0 bridgehead atoms. The molecule has 1 atom stereocenters.